The molecule has 0 saturated carbocycles. The van der Waals surface area contributed by atoms with Gasteiger partial charge in [0.2, 0.25) is 5.91 Å². The molecule has 0 fully saturated rings. The number of nitrogens with two attached hydrogens (primary N) is 1. The second kappa shape index (κ2) is 4.34. The highest BCUT2D eigenvalue weighted by Crippen LogP contribution is 2.06. The van der Waals surface area contributed by atoms with Crippen molar-refractivity contribution >= 4 is 5.91 Å². The Morgan fingerprint density at radius 1 is 1.55 bits per heavy atom. The molecule has 0 heterocycles. The molecule has 3 heteroatoms. The van der Waals surface area contributed by atoms with Gasteiger partial charge < -0.3 is 10.6 Å². The lowest BCUT2D eigenvalue weighted by Crippen LogP contribution is -2.43. The highest BCUT2D eigenvalue weighted by molar-refractivity contribution is 5.81. The zero-order valence-corrected chi connectivity index (χ0v) is 7.79. The van der Waals surface area contributed by atoms with Crippen LogP contribution in [0.25, 0.3) is 0 Å². The van der Waals surface area contributed by atoms with Crippen LogP contribution in [0.3, 0.4) is 0 Å². The number of rotatable bonds is 3. The Kier molecular flexibility index (Phi) is 4.11. The molecule has 0 saturated heterocycles. The topological polar surface area (TPSA) is 46.3 Å². The Labute approximate surface area is 68.6 Å². The summed E-state index contributed by atoms with van der Waals surface area (Å²) in [7, 11) is 3.45. The molecule has 0 aromatic rings. The third kappa shape index (κ3) is 2.89. The predicted molar refractivity (Wildman–Crippen MR) is 46.1 cm³/mol. The number of amides is 1. The summed E-state index contributed by atoms with van der Waals surface area (Å²) in [5.74, 6) is 0.282. The molecular weight excluding hydrogens is 140 g/mol. The van der Waals surface area contributed by atoms with Gasteiger partial charge in [-0.25, -0.2) is 0 Å². The molecule has 2 N–H and O–H groups in total. The minimum atomic E-state index is -0.338. The fourth-order valence-electron chi connectivity index (χ4n) is 0.795. The number of hydrogen-bond donors (Lipinski definition) is 1. The molecule has 2 atom stereocenters. The van der Waals surface area contributed by atoms with Crippen LogP contribution in [0.15, 0.2) is 0 Å². The van der Waals surface area contributed by atoms with Gasteiger partial charge in [0, 0.05) is 14.1 Å². The lowest BCUT2D eigenvalue weighted by molar-refractivity contribution is -0.131. The number of likely N-dealkylation sites (N-methyl/N-ethyl adjacent to an activating group) is 1. The van der Waals surface area contributed by atoms with Gasteiger partial charge >= 0.3 is 0 Å². The average Bonchev–Trinajstić information content (AvgIpc) is 2.00. The SMILES string of the molecule is CC[C@@H](C)[C@H](N)C(=O)N(C)C. The predicted octanol–water partition coefficient (Wildman–Crippen LogP) is 0.448. The van der Waals surface area contributed by atoms with Crippen molar-refractivity contribution < 1.29 is 4.79 Å². The van der Waals surface area contributed by atoms with Crippen LogP contribution in [0, 0.1) is 5.92 Å². The maximum atomic E-state index is 11.2. The van der Waals surface area contributed by atoms with Crippen molar-refractivity contribution in [1.82, 2.24) is 4.90 Å². The molecule has 0 aromatic heterocycles. The third-order valence-electron chi connectivity index (χ3n) is 1.98. The molecule has 0 rings (SSSR count). The van der Waals surface area contributed by atoms with Gasteiger partial charge in [-0.15, -0.1) is 0 Å². The summed E-state index contributed by atoms with van der Waals surface area (Å²) in [4.78, 5) is 12.8. The summed E-state index contributed by atoms with van der Waals surface area (Å²) in [5, 5.41) is 0. The first kappa shape index (κ1) is 10.4. The van der Waals surface area contributed by atoms with E-state index < -0.39 is 0 Å². The largest absolute Gasteiger partial charge is 0.347 e. The summed E-state index contributed by atoms with van der Waals surface area (Å²) in [5.41, 5.74) is 5.68. The Balaban J connectivity index is 4.02. The van der Waals surface area contributed by atoms with E-state index in [-0.39, 0.29) is 17.9 Å². The van der Waals surface area contributed by atoms with Crippen molar-refractivity contribution in [3.05, 3.63) is 0 Å². The third-order valence-corrected chi connectivity index (χ3v) is 1.98. The van der Waals surface area contributed by atoms with E-state index in [9.17, 15) is 4.79 Å². The molecule has 0 spiro atoms. The highest BCUT2D eigenvalue weighted by atomic mass is 16.2. The van der Waals surface area contributed by atoms with Crippen LogP contribution in [0.4, 0.5) is 0 Å². The monoisotopic (exact) mass is 158 g/mol. The Hall–Kier alpha value is -0.570. The molecule has 0 aromatic carbocycles. The maximum absolute atomic E-state index is 11.2. The molecule has 0 aliphatic carbocycles. The van der Waals surface area contributed by atoms with Gasteiger partial charge in [-0.3, -0.25) is 4.79 Å². The number of carbonyl (C=O) groups is 1. The molecular formula is C8H18N2O. The van der Waals surface area contributed by atoms with E-state index in [1.165, 1.54) is 4.90 Å². The molecule has 11 heavy (non-hydrogen) atoms. The van der Waals surface area contributed by atoms with Crippen LogP contribution < -0.4 is 5.73 Å². The van der Waals surface area contributed by atoms with Crippen LogP contribution in [0.2, 0.25) is 0 Å². The van der Waals surface area contributed by atoms with Gasteiger partial charge in [0.25, 0.3) is 0 Å². The minimum absolute atomic E-state index is 0.0133. The van der Waals surface area contributed by atoms with Crippen LogP contribution in [-0.2, 0) is 4.79 Å². The van der Waals surface area contributed by atoms with E-state index in [0.717, 1.165) is 6.42 Å². The Bertz CT molecular complexity index is 134. The molecule has 0 aliphatic heterocycles. The number of nitrogens with zero attached hydrogens (tertiary/aromatic N) is 1. The van der Waals surface area contributed by atoms with Crippen molar-refractivity contribution in [1.29, 1.82) is 0 Å². The van der Waals surface area contributed by atoms with Gasteiger partial charge in [0.05, 0.1) is 6.04 Å². The van der Waals surface area contributed by atoms with Gasteiger partial charge in [0.15, 0.2) is 0 Å². The number of carbonyl (C=O) groups excluding carboxylic acids is 1. The molecule has 0 bridgehead atoms. The maximum Gasteiger partial charge on any atom is 0.239 e. The van der Waals surface area contributed by atoms with Crippen molar-refractivity contribution in [2.24, 2.45) is 11.7 Å². The van der Waals surface area contributed by atoms with Crippen LogP contribution in [-0.4, -0.2) is 30.9 Å². The summed E-state index contributed by atoms with van der Waals surface area (Å²) < 4.78 is 0. The minimum Gasteiger partial charge on any atom is -0.347 e. The first-order chi connectivity index (χ1) is 5.00. The summed E-state index contributed by atoms with van der Waals surface area (Å²) in [6.07, 6.45) is 0.945. The smallest absolute Gasteiger partial charge is 0.239 e. The zero-order valence-electron chi connectivity index (χ0n) is 7.79. The van der Waals surface area contributed by atoms with Gasteiger partial charge in [-0.1, -0.05) is 20.3 Å². The van der Waals surface area contributed by atoms with Gasteiger partial charge in [-0.05, 0) is 5.92 Å². The zero-order chi connectivity index (χ0) is 9.02. The summed E-state index contributed by atoms with van der Waals surface area (Å²) >= 11 is 0. The van der Waals surface area contributed by atoms with E-state index in [1.54, 1.807) is 14.1 Å². The molecule has 66 valence electrons. The Morgan fingerprint density at radius 2 is 2.00 bits per heavy atom. The standard InChI is InChI=1S/C8H18N2O/c1-5-6(2)7(9)8(11)10(3)4/h6-7H,5,9H2,1-4H3/t6-,7+/m1/s1. The van der Waals surface area contributed by atoms with Crippen molar-refractivity contribution in [2.75, 3.05) is 14.1 Å². The molecule has 0 unspecified atom stereocenters. The molecule has 1 amide bonds. The first-order valence-corrected chi connectivity index (χ1v) is 3.97. The lowest BCUT2D eigenvalue weighted by atomic mass is 9.99. The van der Waals surface area contributed by atoms with Crippen molar-refractivity contribution in [3.63, 3.8) is 0 Å². The average molecular weight is 158 g/mol. The van der Waals surface area contributed by atoms with Crippen molar-refractivity contribution in [2.45, 2.75) is 26.3 Å². The van der Waals surface area contributed by atoms with Crippen molar-refractivity contribution in [3.8, 4) is 0 Å². The first-order valence-electron chi connectivity index (χ1n) is 3.97. The number of hydrogen-bond acceptors (Lipinski definition) is 2. The Morgan fingerprint density at radius 3 is 2.27 bits per heavy atom. The molecule has 3 nitrogen and oxygen atoms in total. The van der Waals surface area contributed by atoms with Crippen LogP contribution in [0.1, 0.15) is 20.3 Å². The second-order valence-electron chi connectivity index (χ2n) is 3.14. The van der Waals surface area contributed by atoms with Crippen LogP contribution in [0.5, 0.6) is 0 Å². The quantitative estimate of drug-likeness (QED) is 0.648. The normalized spacial score (nSPS) is 15.7. The van der Waals surface area contributed by atoms with Gasteiger partial charge in [0.1, 0.15) is 0 Å². The van der Waals surface area contributed by atoms with E-state index in [1.807, 2.05) is 13.8 Å². The van der Waals surface area contributed by atoms with E-state index in [0.29, 0.717) is 0 Å². The van der Waals surface area contributed by atoms with Crippen LogP contribution >= 0.6 is 0 Å². The highest BCUT2D eigenvalue weighted by Gasteiger charge is 2.20. The summed E-state index contributed by atoms with van der Waals surface area (Å²) in [6.45, 7) is 4.03. The van der Waals surface area contributed by atoms with E-state index >= 15 is 0 Å². The molecule has 0 radical (unpaired) electrons. The van der Waals surface area contributed by atoms with E-state index in [2.05, 4.69) is 0 Å². The fraction of sp³-hybridized carbons (Fsp3) is 0.875. The molecule has 0 aliphatic rings. The lowest BCUT2D eigenvalue weighted by Gasteiger charge is -2.21. The summed E-state index contributed by atoms with van der Waals surface area (Å²) in [6, 6.07) is -0.338. The van der Waals surface area contributed by atoms with Gasteiger partial charge in [-0.2, -0.15) is 0 Å². The fourth-order valence-corrected chi connectivity index (χ4v) is 0.795. The second-order valence-corrected chi connectivity index (χ2v) is 3.14. The van der Waals surface area contributed by atoms with E-state index in [4.69, 9.17) is 5.73 Å².